The first-order valence-electron chi connectivity index (χ1n) is 4.15. The summed E-state index contributed by atoms with van der Waals surface area (Å²) in [5, 5.41) is 2.39. The first kappa shape index (κ1) is 8.62. The summed E-state index contributed by atoms with van der Waals surface area (Å²) in [6.07, 6.45) is -0.344. The molecular formula is C10H7NO3. The molecule has 0 spiro atoms. The van der Waals surface area contributed by atoms with E-state index in [0.717, 1.165) is 0 Å². The Morgan fingerprint density at radius 3 is 2.50 bits per heavy atom. The third-order valence-corrected chi connectivity index (χ3v) is 2.05. The van der Waals surface area contributed by atoms with Crippen molar-refractivity contribution in [3.8, 4) is 0 Å². The normalized spacial score (nSPS) is 15.9. The molecule has 1 aromatic carbocycles. The van der Waals surface area contributed by atoms with E-state index in [9.17, 15) is 14.4 Å². The number of para-hydroxylation sites is 1. The minimum Gasteiger partial charge on any atom is -0.319 e. The zero-order valence-corrected chi connectivity index (χ0v) is 7.24. The number of benzene rings is 1. The summed E-state index contributed by atoms with van der Waals surface area (Å²) in [5.74, 6) is -1.72. The Kier molecular flexibility index (Phi) is 1.89. The number of amides is 1. The van der Waals surface area contributed by atoms with Crippen molar-refractivity contribution in [1.29, 1.82) is 0 Å². The molecule has 0 saturated heterocycles. The number of carbonyl (C=O) groups is 3. The van der Waals surface area contributed by atoms with Gasteiger partial charge in [-0.2, -0.15) is 0 Å². The monoisotopic (exact) mass is 189 g/mol. The van der Waals surface area contributed by atoms with Gasteiger partial charge in [-0.15, -0.1) is 0 Å². The molecule has 0 unspecified atom stereocenters. The molecule has 0 radical (unpaired) electrons. The lowest BCUT2D eigenvalue weighted by Gasteiger charge is -2.02. The maximum atomic E-state index is 11.4. The second-order valence-corrected chi connectivity index (χ2v) is 3.02. The van der Waals surface area contributed by atoms with Crippen molar-refractivity contribution in [2.75, 3.05) is 5.32 Å². The fraction of sp³-hybridized carbons (Fsp3) is 0.100. The maximum absolute atomic E-state index is 11.4. The fourth-order valence-corrected chi connectivity index (χ4v) is 1.35. The third-order valence-electron chi connectivity index (χ3n) is 2.05. The van der Waals surface area contributed by atoms with Gasteiger partial charge in [0.15, 0.2) is 5.78 Å². The zero-order valence-electron chi connectivity index (χ0n) is 7.24. The molecule has 1 amide bonds. The summed E-state index contributed by atoms with van der Waals surface area (Å²) in [7, 11) is 0. The smallest absolute Gasteiger partial charge is 0.292 e. The largest absolute Gasteiger partial charge is 0.319 e. The molecule has 1 aromatic rings. The summed E-state index contributed by atoms with van der Waals surface area (Å²) in [4.78, 5) is 33.6. The predicted octanol–water partition coefficient (Wildman–Crippen LogP) is 0.781. The van der Waals surface area contributed by atoms with Crippen LogP contribution < -0.4 is 5.32 Å². The van der Waals surface area contributed by atoms with Gasteiger partial charge in [0, 0.05) is 5.56 Å². The lowest BCUT2D eigenvalue weighted by molar-refractivity contribution is -0.134. The van der Waals surface area contributed by atoms with E-state index < -0.39 is 11.7 Å². The van der Waals surface area contributed by atoms with Crippen LogP contribution in [0.4, 0.5) is 5.69 Å². The van der Waals surface area contributed by atoms with Gasteiger partial charge in [0.1, 0.15) is 0 Å². The van der Waals surface area contributed by atoms with E-state index in [1.807, 2.05) is 0 Å². The van der Waals surface area contributed by atoms with Crippen molar-refractivity contribution < 1.29 is 14.4 Å². The van der Waals surface area contributed by atoms with Crippen LogP contribution in [0.25, 0.3) is 0 Å². The summed E-state index contributed by atoms with van der Waals surface area (Å²) in [5.41, 5.74) is 0.806. The Labute approximate surface area is 79.9 Å². The van der Waals surface area contributed by atoms with E-state index in [-0.39, 0.29) is 12.2 Å². The van der Waals surface area contributed by atoms with Gasteiger partial charge in [-0.3, -0.25) is 14.4 Å². The fourth-order valence-electron chi connectivity index (χ4n) is 1.35. The molecule has 1 N–H and O–H groups in total. The average Bonchev–Trinajstić information content (AvgIpc) is 2.27. The van der Waals surface area contributed by atoms with Gasteiger partial charge in [0.2, 0.25) is 5.78 Å². The number of rotatable bonds is 0. The van der Waals surface area contributed by atoms with Crippen molar-refractivity contribution in [1.82, 2.24) is 0 Å². The van der Waals surface area contributed by atoms with Crippen molar-refractivity contribution in [2.45, 2.75) is 6.42 Å². The highest BCUT2D eigenvalue weighted by Gasteiger charge is 2.25. The quantitative estimate of drug-likeness (QED) is 0.484. The SMILES string of the molecule is O=C1CC(=O)c2ccccc2NC1=O. The summed E-state index contributed by atoms with van der Waals surface area (Å²) >= 11 is 0. The molecule has 0 aliphatic carbocycles. The number of anilines is 1. The van der Waals surface area contributed by atoms with Crippen LogP contribution in [0.3, 0.4) is 0 Å². The molecule has 0 aromatic heterocycles. The molecule has 1 heterocycles. The lowest BCUT2D eigenvalue weighted by Crippen LogP contribution is -2.21. The predicted molar refractivity (Wildman–Crippen MR) is 49.0 cm³/mol. The van der Waals surface area contributed by atoms with Crippen LogP contribution in [0.15, 0.2) is 24.3 Å². The second kappa shape index (κ2) is 3.06. The highest BCUT2D eigenvalue weighted by Crippen LogP contribution is 2.19. The topological polar surface area (TPSA) is 63.2 Å². The van der Waals surface area contributed by atoms with Crippen molar-refractivity contribution in [3.05, 3.63) is 29.8 Å². The Morgan fingerprint density at radius 1 is 1.00 bits per heavy atom. The van der Waals surface area contributed by atoms with Crippen LogP contribution in [0.2, 0.25) is 0 Å². The van der Waals surface area contributed by atoms with Crippen LogP contribution in [-0.4, -0.2) is 17.5 Å². The van der Waals surface area contributed by atoms with Gasteiger partial charge in [0.25, 0.3) is 5.91 Å². The number of ketones is 2. The Hall–Kier alpha value is -1.97. The molecular weight excluding hydrogens is 182 g/mol. The minimum atomic E-state index is -0.719. The van der Waals surface area contributed by atoms with E-state index in [2.05, 4.69) is 5.32 Å². The van der Waals surface area contributed by atoms with Gasteiger partial charge in [-0.25, -0.2) is 0 Å². The molecule has 4 nitrogen and oxygen atoms in total. The van der Waals surface area contributed by atoms with E-state index >= 15 is 0 Å². The first-order chi connectivity index (χ1) is 6.68. The van der Waals surface area contributed by atoms with E-state index in [0.29, 0.717) is 11.3 Å². The van der Waals surface area contributed by atoms with E-state index in [4.69, 9.17) is 0 Å². The first-order valence-corrected chi connectivity index (χ1v) is 4.15. The molecule has 0 saturated carbocycles. The Bertz CT molecular complexity index is 437. The summed E-state index contributed by atoms with van der Waals surface area (Å²) in [6, 6.07) is 6.58. The highest BCUT2D eigenvalue weighted by molar-refractivity contribution is 6.45. The van der Waals surface area contributed by atoms with Gasteiger partial charge in [0.05, 0.1) is 12.1 Å². The average molecular weight is 189 g/mol. The number of hydrogen-bond donors (Lipinski definition) is 1. The molecule has 0 bridgehead atoms. The molecule has 2 rings (SSSR count). The van der Waals surface area contributed by atoms with Crippen LogP contribution in [0.1, 0.15) is 16.8 Å². The third kappa shape index (κ3) is 1.31. The number of carbonyl (C=O) groups excluding carboxylic acids is 3. The zero-order chi connectivity index (χ0) is 10.1. The Morgan fingerprint density at radius 2 is 1.71 bits per heavy atom. The van der Waals surface area contributed by atoms with Crippen LogP contribution in [0, 0.1) is 0 Å². The molecule has 1 aliphatic rings. The molecule has 4 heteroatoms. The van der Waals surface area contributed by atoms with E-state index in [1.165, 1.54) is 0 Å². The minimum absolute atomic E-state index is 0.316. The van der Waals surface area contributed by atoms with Crippen LogP contribution >= 0.6 is 0 Å². The molecule has 1 aliphatic heterocycles. The maximum Gasteiger partial charge on any atom is 0.292 e. The van der Waals surface area contributed by atoms with Gasteiger partial charge in [-0.1, -0.05) is 12.1 Å². The molecule has 0 atom stereocenters. The number of Topliss-reactive ketones (excluding diaryl/α,β-unsaturated/α-hetero) is 2. The van der Waals surface area contributed by atoms with Gasteiger partial charge >= 0.3 is 0 Å². The van der Waals surface area contributed by atoms with Crippen LogP contribution in [-0.2, 0) is 9.59 Å². The van der Waals surface area contributed by atoms with Crippen molar-refractivity contribution in [2.24, 2.45) is 0 Å². The number of hydrogen-bond acceptors (Lipinski definition) is 3. The number of nitrogens with one attached hydrogen (secondary N) is 1. The van der Waals surface area contributed by atoms with Crippen molar-refractivity contribution >= 4 is 23.2 Å². The lowest BCUT2D eigenvalue weighted by atomic mass is 10.1. The van der Waals surface area contributed by atoms with E-state index in [1.54, 1.807) is 24.3 Å². The Balaban J connectivity index is 2.53. The summed E-state index contributed by atoms with van der Waals surface area (Å²) < 4.78 is 0. The molecule has 0 fully saturated rings. The molecule has 14 heavy (non-hydrogen) atoms. The number of fused-ring (bicyclic) bond motifs is 1. The highest BCUT2D eigenvalue weighted by atomic mass is 16.2. The second-order valence-electron chi connectivity index (χ2n) is 3.02. The van der Waals surface area contributed by atoms with Gasteiger partial charge < -0.3 is 5.32 Å². The van der Waals surface area contributed by atoms with Crippen LogP contribution in [0.5, 0.6) is 0 Å². The van der Waals surface area contributed by atoms with Gasteiger partial charge in [-0.05, 0) is 12.1 Å². The van der Waals surface area contributed by atoms with Crippen molar-refractivity contribution in [3.63, 3.8) is 0 Å². The standard InChI is InChI=1S/C10H7NO3/c12-8-5-9(13)10(14)11-7-4-2-1-3-6(7)8/h1-4H,5H2,(H,11,14). The molecule has 70 valence electrons. The summed E-state index contributed by atoms with van der Waals surface area (Å²) in [6.45, 7) is 0.